The maximum atomic E-state index is 12.7. The Morgan fingerprint density at radius 1 is 1.07 bits per heavy atom. The van der Waals surface area contributed by atoms with Gasteiger partial charge in [0.2, 0.25) is 11.8 Å². The van der Waals surface area contributed by atoms with E-state index in [-0.39, 0.29) is 29.9 Å². The SMILES string of the molecule is CC(=O)Nc1cccc(NC(=O)Cn2c(-c3nonc3N)nc3ccccc32)c1. The molecule has 0 spiro atoms. The van der Waals surface area contributed by atoms with Gasteiger partial charge in [-0.1, -0.05) is 18.2 Å². The van der Waals surface area contributed by atoms with Gasteiger partial charge in [-0.2, -0.15) is 0 Å². The van der Waals surface area contributed by atoms with Crippen molar-refractivity contribution in [1.29, 1.82) is 0 Å². The van der Waals surface area contributed by atoms with Crippen LogP contribution in [0.1, 0.15) is 6.92 Å². The quantitative estimate of drug-likeness (QED) is 0.474. The van der Waals surface area contributed by atoms with E-state index in [9.17, 15) is 9.59 Å². The molecule has 0 aliphatic rings. The van der Waals surface area contributed by atoms with Crippen molar-refractivity contribution in [2.24, 2.45) is 0 Å². The average molecular weight is 391 g/mol. The summed E-state index contributed by atoms with van der Waals surface area (Å²) in [6, 6.07) is 14.3. The first-order valence-corrected chi connectivity index (χ1v) is 8.72. The number of imidazole rings is 1. The number of nitrogens with two attached hydrogens (primary N) is 1. The Kier molecular flexibility index (Phi) is 4.65. The minimum Gasteiger partial charge on any atom is -0.379 e. The van der Waals surface area contributed by atoms with E-state index in [1.807, 2.05) is 24.3 Å². The summed E-state index contributed by atoms with van der Waals surface area (Å²) in [6.45, 7) is 1.38. The van der Waals surface area contributed by atoms with Gasteiger partial charge < -0.3 is 20.9 Å². The average Bonchev–Trinajstić information content (AvgIpc) is 3.25. The summed E-state index contributed by atoms with van der Waals surface area (Å²) in [7, 11) is 0. The Bertz CT molecular complexity index is 1210. The molecule has 0 radical (unpaired) electrons. The van der Waals surface area contributed by atoms with Crippen LogP contribution < -0.4 is 16.4 Å². The number of hydrogen-bond acceptors (Lipinski definition) is 7. The van der Waals surface area contributed by atoms with Crippen molar-refractivity contribution in [3.05, 3.63) is 48.5 Å². The van der Waals surface area contributed by atoms with Crippen LogP contribution in [-0.4, -0.2) is 31.7 Å². The van der Waals surface area contributed by atoms with Gasteiger partial charge in [0.15, 0.2) is 17.3 Å². The number of amides is 2. The van der Waals surface area contributed by atoms with E-state index in [1.165, 1.54) is 6.92 Å². The van der Waals surface area contributed by atoms with E-state index >= 15 is 0 Å². The second-order valence-electron chi connectivity index (χ2n) is 6.32. The number of para-hydroxylation sites is 2. The molecule has 10 nitrogen and oxygen atoms in total. The third-order valence-corrected chi connectivity index (χ3v) is 4.15. The van der Waals surface area contributed by atoms with Crippen molar-refractivity contribution in [2.45, 2.75) is 13.5 Å². The summed E-state index contributed by atoms with van der Waals surface area (Å²) in [5.74, 6) is -0.0108. The lowest BCUT2D eigenvalue weighted by atomic mass is 10.2. The maximum Gasteiger partial charge on any atom is 0.244 e. The summed E-state index contributed by atoms with van der Waals surface area (Å²) in [6.07, 6.45) is 0. The van der Waals surface area contributed by atoms with Crippen molar-refractivity contribution in [3.8, 4) is 11.5 Å². The van der Waals surface area contributed by atoms with Gasteiger partial charge in [0, 0.05) is 18.3 Å². The molecule has 4 N–H and O–H groups in total. The minimum atomic E-state index is -0.288. The molecule has 146 valence electrons. The van der Waals surface area contributed by atoms with Gasteiger partial charge in [0.25, 0.3) is 0 Å². The molecule has 0 bridgehead atoms. The van der Waals surface area contributed by atoms with E-state index in [4.69, 9.17) is 5.73 Å². The molecular weight excluding hydrogens is 374 g/mol. The maximum absolute atomic E-state index is 12.7. The number of nitrogen functional groups attached to an aromatic ring is 1. The van der Waals surface area contributed by atoms with Crippen LogP contribution in [0.2, 0.25) is 0 Å². The predicted molar refractivity (Wildman–Crippen MR) is 107 cm³/mol. The van der Waals surface area contributed by atoms with Crippen molar-refractivity contribution in [3.63, 3.8) is 0 Å². The van der Waals surface area contributed by atoms with Gasteiger partial charge in [0.1, 0.15) is 6.54 Å². The highest BCUT2D eigenvalue weighted by atomic mass is 16.6. The van der Waals surface area contributed by atoms with Gasteiger partial charge in [-0.3, -0.25) is 9.59 Å². The van der Waals surface area contributed by atoms with Crippen LogP contribution in [0.3, 0.4) is 0 Å². The van der Waals surface area contributed by atoms with Gasteiger partial charge >= 0.3 is 0 Å². The molecule has 29 heavy (non-hydrogen) atoms. The van der Waals surface area contributed by atoms with E-state index < -0.39 is 0 Å². The number of anilines is 3. The van der Waals surface area contributed by atoms with Gasteiger partial charge in [-0.25, -0.2) is 9.61 Å². The summed E-state index contributed by atoms with van der Waals surface area (Å²) in [5, 5.41) is 12.9. The summed E-state index contributed by atoms with van der Waals surface area (Å²) < 4.78 is 6.38. The van der Waals surface area contributed by atoms with Crippen LogP contribution in [-0.2, 0) is 16.1 Å². The lowest BCUT2D eigenvalue weighted by Gasteiger charge is -2.10. The molecule has 0 atom stereocenters. The zero-order chi connectivity index (χ0) is 20.4. The molecule has 0 aliphatic heterocycles. The first-order chi connectivity index (χ1) is 14.0. The summed E-state index contributed by atoms with van der Waals surface area (Å²) in [5.41, 5.74) is 8.65. The molecule has 0 saturated heterocycles. The Balaban J connectivity index is 1.63. The fourth-order valence-electron chi connectivity index (χ4n) is 2.99. The van der Waals surface area contributed by atoms with Gasteiger partial charge in [0.05, 0.1) is 11.0 Å². The highest BCUT2D eigenvalue weighted by molar-refractivity contribution is 5.94. The third kappa shape index (κ3) is 3.76. The number of carbonyl (C=O) groups is 2. The van der Waals surface area contributed by atoms with Crippen LogP contribution in [0.25, 0.3) is 22.6 Å². The molecular formula is C19H17N7O3. The molecule has 0 unspecified atom stereocenters. The number of benzene rings is 2. The predicted octanol–water partition coefficient (Wildman–Crippen LogP) is 2.27. The number of fused-ring (bicyclic) bond motifs is 1. The second kappa shape index (κ2) is 7.43. The molecule has 4 rings (SSSR count). The second-order valence-corrected chi connectivity index (χ2v) is 6.32. The first kappa shape index (κ1) is 18.2. The number of nitrogens with zero attached hydrogens (tertiary/aromatic N) is 4. The summed E-state index contributed by atoms with van der Waals surface area (Å²) >= 11 is 0. The van der Waals surface area contributed by atoms with Gasteiger partial charge in [-0.15, -0.1) is 0 Å². The Morgan fingerprint density at radius 2 is 1.83 bits per heavy atom. The highest BCUT2D eigenvalue weighted by Crippen LogP contribution is 2.26. The molecule has 0 aliphatic carbocycles. The molecule has 0 saturated carbocycles. The van der Waals surface area contributed by atoms with Crippen molar-refractivity contribution in [2.75, 3.05) is 16.4 Å². The lowest BCUT2D eigenvalue weighted by molar-refractivity contribution is -0.116. The van der Waals surface area contributed by atoms with Crippen LogP contribution in [0.4, 0.5) is 17.2 Å². The van der Waals surface area contributed by atoms with Crippen LogP contribution in [0.15, 0.2) is 53.2 Å². The van der Waals surface area contributed by atoms with Crippen LogP contribution >= 0.6 is 0 Å². The monoisotopic (exact) mass is 391 g/mol. The molecule has 2 amide bonds. The number of carbonyl (C=O) groups excluding carboxylic acids is 2. The van der Waals surface area contributed by atoms with Gasteiger partial charge in [-0.05, 0) is 40.6 Å². The minimum absolute atomic E-state index is 0.0352. The smallest absolute Gasteiger partial charge is 0.244 e. The summed E-state index contributed by atoms with van der Waals surface area (Å²) in [4.78, 5) is 28.5. The number of aromatic nitrogens is 4. The molecule has 2 aromatic heterocycles. The van der Waals surface area contributed by atoms with Crippen LogP contribution in [0.5, 0.6) is 0 Å². The Hall–Kier alpha value is -4.21. The third-order valence-electron chi connectivity index (χ3n) is 4.15. The van der Waals surface area contributed by atoms with Crippen molar-refractivity contribution in [1.82, 2.24) is 19.9 Å². The standard InChI is InChI=1S/C19H17N7O3/c1-11(27)21-12-5-4-6-13(9-12)22-16(28)10-26-15-8-3-2-7-14(15)23-19(26)17-18(20)25-29-24-17/h2-9H,10H2,1H3,(H2,20,25)(H,21,27)(H,22,28). The number of hydrogen-bond donors (Lipinski definition) is 3. The first-order valence-electron chi connectivity index (χ1n) is 8.72. The van der Waals surface area contributed by atoms with Crippen molar-refractivity contribution < 1.29 is 14.2 Å². The number of nitrogens with one attached hydrogen (secondary N) is 2. The topological polar surface area (TPSA) is 141 Å². The Morgan fingerprint density at radius 3 is 2.55 bits per heavy atom. The van der Waals surface area contributed by atoms with E-state index in [0.29, 0.717) is 22.7 Å². The zero-order valence-electron chi connectivity index (χ0n) is 15.4. The van der Waals surface area contributed by atoms with Crippen molar-refractivity contribution >= 4 is 40.0 Å². The van der Waals surface area contributed by atoms with E-state index in [1.54, 1.807) is 28.8 Å². The number of rotatable bonds is 5. The molecule has 0 fully saturated rings. The Labute approximate surface area is 164 Å². The molecule has 2 aromatic carbocycles. The highest BCUT2D eigenvalue weighted by Gasteiger charge is 2.20. The lowest BCUT2D eigenvalue weighted by Crippen LogP contribution is -2.19. The van der Waals surface area contributed by atoms with E-state index in [0.717, 1.165) is 5.52 Å². The molecule has 2 heterocycles. The van der Waals surface area contributed by atoms with Crippen LogP contribution in [0, 0.1) is 0 Å². The zero-order valence-corrected chi connectivity index (χ0v) is 15.4. The normalized spacial score (nSPS) is 10.8. The molecule has 4 aromatic rings. The fraction of sp³-hybridized carbons (Fsp3) is 0.105. The largest absolute Gasteiger partial charge is 0.379 e. The molecule has 10 heteroatoms. The van der Waals surface area contributed by atoms with E-state index in [2.05, 4.69) is 30.6 Å². The fourth-order valence-corrected chi connectivity index (χ4v) is 2.99.